The van der Waals surface area contributed by atoms with Crippen LogP contribution >= 0.6 is 0 Å². The maximum Gasteiger partial charge on any atom is 0.491 e. The van der Waals surface area contributed by atoms with Crippen molar-refractivity contribution in [2.75, 3.05) is 32.8 Å². The van der Waals surface area contributed by atoms with Gasteiger partial charge in [0.05, 0.1) is 25.3 Å². The summed E-state index contributed by atoms with van der Waals surface area (Å²) in [6, 6.07) is 5.21. The molecule has 40 heavy (non-hydrogen) atoms. The lowest BCUT2D eigenvalue weighted by Gasteiger charge is -2.26. The first-order valence-corrected chi connectivity index (χ1v) is 13.2. The molecule has 13 heteroatoms. The smallest absolute Gasteiger partial charge is 0.383 e. The summed E-state index contributed by atoms with van der Waals surface area (Å²) >= 11 is 0. The number of alkyl halides is 3. The van der Waals surface area contributed by atoms with Gasteiger partial charge in [-0.3, -0.25) is 14.5 Å². The van der Waals surface area contributed by atoms with Gasteiger partial charge in [0.25, 0.3) is 5.82 Å². The van der Waals surface area contributed by atoms with Crippen molar-refractivity contribution in [3.05, 3.63) is 41.9 Å². The molecule has 0 saturated carbocycles. The number of halogens is 3. The van der Waals surface area contributed by atoms with E-state index < -0.39 is 24.2 Å². The van der Waals surface area contributed by atoms with Gasteiger partial charge in [0.2, 0.25) is 5.91 Å². The molecule has 1 saturated heterocycles. The van der Waals surface area contributed by atoms with Crippen LogP contribution in [0.3, 0.4) is 0 Å². The number of Topliss-reactive ketones (excluding diaryl/α,β-unsaturated/α-hetero) is 1. The van der Waals surface area contributed by atoms with Crippen LogP contribution in [0.1, 0.15) is 67.7 Å². The van der Waals surface area contributed by atoms with E-state index in [0.29, 0.717) is 62.6 Å². The van der Waals surface area contributed by atoms with Gasteiger partial charge in [-0.05, 0) is 25.0 Å². The minimum atomic E-state index is -5.29. The standard InChI is InChI=1S/C27H33F3N4O6/c1-2-20(35)9-4-3-5-10-21(32-23(36)17-34-11-13-39-14-12-34)24-31-16-22(33-24)18-7-6-8-19(15-18)25(37)40-26(38)27(28,29)30/h6-8,15-16,21H,2-5,9-14,17H2,1H3,(H,31,33)(H,32,36)/p+1/t21-/m0/s1. The van der Waals surface area contributed by atoms with Gasteiger partial charge >= 0.3 is 18.1 Å². The average Bonchev–Trinajstić information content (AvgIpc) is 3.42. The minimum Gasteiger partial charge on any atom is -0.383 e. The van der Waals surface area contributed by atoms with E-state index in [0.717, 1.165) is 19.3 Å². The van der Waals surface area contributed by atoms with Crippen molar-refractivity contribution >= 4 is 23.6 Å². The number of aromatic nitrogens is 2. The summed E-state index contributed by atoms with van der Waals surface area (Å²) in [5, 5.41) is 3.05. The number of aromatic amines is 2. The molecule has 1 aromatic carbocycles. The van der Waals surface area contributed by atoms with E-state index in [9.17, 15) is 32.3 Å². The number of carbonyl (C=O) groups excluding carboxylic acids is 4. The molecule has 1 aliphatic rings. The third kappa shape index (κ3) is 9.56. The Morgan fingerprint density at radius 3 is 2.60 bits per heavy atom. The first-order valence-electron chi connectivity index (χ1n) is 13.2. The van der Waals surface area contributed by atoms with Gasteiger partial charge < -0.3 is 14.8 Å². The van der Waals surface area contributed by atoms with Crippen molar-refractivity contribution in [3.8, 4) is 11.3 Å². The van der Waals surface area contributed by atoms with Crippen LogP contribution in [0.2, 0.25) is 0 Å². The third-order valence-electron chi connectivity index (χ3n) is 6.46. The molecule has 0 radical (unpaired) electrons. The summed E-state index contributed by atoms with van der Waals surface area (Å²) < 4.78 is 46.6. The molecule has 2 aromatic rings. The topological polar surface area (TPSA) is 132 Å². The Labute approximate surface area is 229 Å². The molecule has 3 N–H and O–H groups in total. The predicted octanol–water partition coefficient (Wildman–Crippen LogP) is 3.16. The average molecular weight is 568 g/mol. The number of rotatable bonds is 13. The SMILES string of the molecule is CCC(=O)CCCCC[C@H](NC(=O)CN1CCOCC1)c1[nH]c(-c2cccc(C(=O)OC(=O)C(F)(F)F)c2)c[nH+]1. The fourth-order valence-corrected chi connectivity index (χ4v) is 4.24. The monoisotopic (exact) mass is 567 g/mol. The number of hydrogen-bond acceptors (Lipinski definition) is 7. The molecular weight excluding hydrogens is 533 g/mol. The highest BCUT2D eigenvalue weighted by molar-refractivity contribution is 5.98. The van der Waals surface area contributed by atoms with E-state index in [4.69, 9.17) is 4.74 Å². The number of amides is 1. The van der Waals surface area contributed by atoms with Crippen LogP contribution in [0.15, 0.2) is 30.5 Å². The lowest BCUT2D eigenvalue weighted by molar-refractivity contribution is -0.391. The highest BCUT2D eigenvalue weighted by Crippen LogP contribution is 2.23. The number of nitrogens with one attached hydrogen (secondary N) is 3. The number of unbranched alkanes of at least 4 members (excludes halogenated alkanes) is 2. The van der Waals surface area contributed by atoms with Crippen LogP contribution in [-0.4, -0.2) is 72.5 Å². The maximum atomic E-state index is 12.8. The third-order valence-corrected chi connectivity index (χ3v) is 6.46. The second-order valence-corrected chi connectivity index (χ2v) is 9.50. The zero-order chi connectivity index (χ0) is 29.1. The van der Waals surface area contributed by atoms with E-state index in [1.807, 2.05) is 11.8 Å². The Balaban J connectivity index is 1.70. The summed E-state index contributed by atoms with van der Waals surface area (Å²) in [5.74, 6) is -3.36. The fraction of sp³-hybridized carbons (Fsp3) is 0.519. The van der Waals surface area contributed by atoms with E-state index in [1.165, 1.54) is 18.2 Å². The van der Waals surface area contributed by atoms with E-state index in [2.05, 4.69) is 20.0 Å². The highest BCUT2D eigenvalue weighted by Gasteiger charge is 2.42. The van der Waals surface area contributed by atoms with E-state index >= 15 is 0 Å². The van der Waals surface area contributed by atoms with Crippen LogP contribution in [0.25, 0.3) is 11.3 Å². The van der Waals surface area contributed by atoms with Crippen LogP contribution < -0.4 is 10.3 Å². The van der Waals surface area contributed by atoms with Crippen molar-refractivity contribution in [3.63, 3.8) is 0 Å². The van der Waals surface area contributed by atoms with Crippen LogP contribution in [0.4, 0.5) is 13.2 Å². The second kappa shape index (κ2) is 14.7. The molecule has 1 aliphatic heterocycles. The predicted molar refractivity (Wildman–Crippen MR) is 136 cm³/mol. The first-order chi connectivity index (χ1) is 19.1. The molecule has 1 amide bonds. The fourth-order valence-electron chi connectivity index (χ4n) is 4.24. The highest BCUT2D eigenvalue weighted by atomic mass is 19.4. The van der Waals surface area contributed by atoms with Crippen molar-refractivity contribution in [2.24, 2.45) is 0 Å². The van der Waals surface area contributed by atoms with E-state index in [1.54, 1.807) is 12.3 Å². The number of hydrogen-bond donors (Lipinski definition) is 2. The number of nitrogens with zero attached hydrogens (tertiary/aromatic N) is 1. The molecule has 1 fully saturated rings. The molecule has 218 valence electrons. The molecule has 10 nitrogen and oxygen atoms in total. The van der Waals surface area contributed by atoms with Crippen molar-refractivity contribution in [1.29, 1.82) is 0 Å². The number of ketones is 1. The number of esters is 2. The summed E-state index contributed by atoms with van der Waals surface area (Å²) in [4.78, 5) is 55.8. The Morgan fingerprint density at radius 2 is 1.90 bits per heavy atom. The van der Waals surface area contributed by atoms with Gasteiger partial charge in [-0.25, -0.2) is 19.6 Å². The van der Waals surface area contributed by atoms with Gasteiger partial charge in [-0.15, -0.1) is 0 Å². The van der Waals surface area contributed by atoms with Gasteiger partial charge in [0.1, 0.15) is 18.0 Å². The second-order valence-electron chi connectivity index (χ2n) is 9.50. The molecule has 0 spiro atoms. The van der Waals surface area contributed by atoms with Crippen LogP contribution in [0.5, 0.6) is 0 Å². The lowest BCUT2D eigenvalue weighted by atomic mass is 10.0. The number of morpholine rings is 1. The largest absolute Gasteiger partial charge is 0.491 e. The molecule has 0 bridgehead atoms. The van der Waals surface area contributed by atoms with E-state index in [-0.39, 0.29) is 23.8 Å². The zero-order valence-electron chi connectivity index (χ0n) is 22.3. The Hall–Kier alpha value is -3.58. The van der Waals surface area contributed by atoms with Crippen molar-refractivity contribution < 1.29 is 46.8 Å². The molecule has 3 rings (SSSR count). The molecular formula is C27H34F3N4O6+. The number of imidazole rings is 1. The normalized spacial score (nSPS) is 14.9. The van der Waals surface area contributed by atoms with Gasteiger partial charge in [0, 0.05) is 31.5 Å². The zero-order valence-corrected chi connectivity index (χ0v) is 22.3. The number of benzene rings is 1. The number of ether oxygens (including phenoxy) is 2. The molecule has 2 heterocycles. The summed E-state index contributed by atoms with van der Waals surface area (Å²) in [7, 11) is 0. The van der Waals surface area contributed by atoms with Crippen molar-refractivity contribution in [1.82, 2.24) is 15.2 Å². The van der Waals surface area contributed by atoms with Gasteiger partial charge in [0.15, 0.2) is 5.69 Å². The molecule has 0 unspecified atom stereocenters. The Bertz CT molecular complexity index is 1180. The summed E-state index contributed by atoms with van der Waals surface area (Å²) in [6.45, 7) is 4.52. The van der Waals surface area contributed by atoms with Crippen molar-refractivity contribution in [2.45, 2.75) is 57.7 Å². The lowest BCUT2D eigenvalue weighted by Crippen LogP contribution is -2.44. The molecule has 1 aromatic heterocycles. The maximum absolute atomic E-state index is 12.8. The molecule has 1 atom stereocenters. The summed E-state index contributed by atoms with van der Waals surface area (Å²) in [5.41, 5.74) is 0.726. The van der Waals surface area contributed by atoms with Crippen LogP contribution in [-0.2, 0) is 23.9 Å². The minimum absolute atomic E-state index is 0.156. The van der Waals surface area contributed by atoms with Crippen LogP contribution in [0, 0.1) is 0 Å². The molecule has 0 aliphatic carbocycles. The number of H-pyrrole nitrogens is 2. The Morgan fingerprint density at radius 1 is 1.15 bits per heavy atom. The Kier molecular flexibility index (Phi) is 11.4. The van der Waals surface area contributed by atoms with Gasteiger partial charge in [-0.2, -0.15) is 13.2 Å². The number of carbonyl (C=O) groups is 4. The quantitative estimate of drug-likeness (QED) is 0.216. The van der Waals surface area contributed by atoms with Gasteiger partial charge in [-0.1, -0.05) is 31.9 Å². The summed E-state index contributed by atoms with van der Waals surface area (Å²) in [6.07, 6.45) is 0.296. The first kappa shape index (κ1) is 31.0.